The number of rotatable bonds is 6. The maximum absolute atomic E-state index is 11.2. The van der Waals surface area contributed by atoms with E-state index < -0.39 is 46.6 Å². The van der Waals surface area contributed by atoms with Crippen LogP contribution in [0.25, 0.3) is 0 Å². The van der Waals surface area contributed by atoms with Gasteiger partial charge in [-0.2, -0.15) is 25.3 Å². The van der Waals surface area contributed by atoms with Gasteiger partial charge < -0.3 is 4.48 Å². The first kappa shape index (κ1) is 18.7. The molecule has 0 amide bonds. The number of nitrogens with zero attached hydrogens (tertiary/aromatic N) is 1. The quantitative estimate of drug-likeness (QED) is 0.364. The van der Waals surface area contributed by atoms with E-state index in [1.807, 2.05) is 0 Å². The minimum absolute atomic E-state index is 0.0221. The van der Waals surface area contributed by atoms with E-state index in [-0.39, 0.29) is 30.5 Å². The Bertz CT molecular complexity index is 653. The molecule has 0 saturated carbocycles. The molecule has 1 rings (SSSR count). The highest BCUT2D eigenvalue weighted by atomic mass is 32.2. The van der Waals surface area contributed by atoms with Crippen molar-refractivity contribution in [1.29, 1.82) is 0 Å². The third kappa shape index (κ3) is 5.43. The highest BCUT2D eigenvalue weighted by Crippen LogP contribution is 2.27. The molecule has 1 saturated heterocycles. The van der Waals surface area contributed by atoms with E-state index in [4.69, 9.17) is 13.7 Å². The van der Waals surface area contributed by atoms with E-state index in [1.165, 1.54) is 7.05 Å². The first-order valence-electron chi connectivity index (χ1n) is 5.85. The fraction of sp³-hybridized carbons (Fsp3) is 1.00. The standard InChI is InChI=1S/C8H17NO9S3/c1-9(3-2-4-19(10,11)12)5-7(20(13,14)15)8(6-9)21(16,17)18/h7-8H,2-6H2,1H3,(H2-,10,11,12,13,14,15,16,17,18)/p+1. The molecule has 1 aliphatic heterocycles. The first-order valence-corrected chi connectivity index (χ1v) is 10.5. The topological polar surface area (TPSA) is 163 Å². The summed E-state index contributed by atoms with van der Waals surface area (Å²) in [7, 11) is -12.1. The highest BCUT2D eigenvalue weighted by molar-refractivity contribution is 7.90. The van der Waals surface area contributed by atoms with Gasteiger partial charge in [-0.15, -0.1) is 0 Å². The summed E-state index contributed by atoms with van der Waals surface area (Å²) in [4.78, 5) is 0. The van der Waals surface area contributed by atoms with Crippen LogP contribution >= 0.6 is 0 Å². The van der Waals surface area contributed by atoms with Crippen molar-refractivity contribution in [1.82, 2.24) is 0 Å². The first-order chi connectivity index (χ1) is 9.14. The Kier molecular flexibility index (Phi) is 5.10. The van der Waals surface area contributed by atoms with Gasteiger partial charge in [0.2, 0.25) is 0 Å². The van der Waals surface area contributed by atoms with Gasteiger partial charge in [-0.3, -0.25) is 13.7 Å². The lowest BCUT2D eigenvalue weighted by Crippen LogP contribution is -2.44. The van der Waals surface area contributed by atoms with Crippen LogP contribution in [0.3, 0.4) is 0 Å². The largest absolute Gasteiger partial charge is 0.324 e. The zero-order valence-electron chi connectivity index (χ0n) is 11.2. The van der Waals surface area contributed by atoms with Crippen molar-refractivity contribution in [3.63, 3.8) is 0 Å². The van der Waals surface area contributed by atoms with Crippen molar-refractivity contribution < 1.29 is 43.4 Å². The molecule has 0 spiro atoms. The van der Waals surface area contributed by atoms with Crippen LogP contribution in [0, 0.1) is 0 Å². The lowest BCUT2D eigenvalue weighted by Gasteiger charge is -2.29. The summed E-state index contributed by atoms with van der Waals surface area (Å²) in [6.45, 7) is -0.499. The van der Waals surface area contributed by atoms with Gasteiger partial charge in [0.1, 0.15) is 0 Å². The molecule has 10 nitrogen and oxygen atoms in total. The second kappa shape index (κ2) is 5.72. The molecule has 0 aromatic heterocycles. The van der Waals surface area contributed by atoms with Crippen LogP contribution in [-0.4, -0.2) is 86.3 Å². The summed E-state index contributed by atoms with van der Waals surface area (Å²) in [5.41, 5.74) is 0. The smallest absolute Gasteiger partial charge is 0.275 e. The number of quaternary nitrogens is 1. The van der Waals surface area contributed by atoms with Crippen LogP contribution in [0.15, 0.2) is 0 Å². The zero-order chi connectivity index (χ0) is 16.7. The van der Waals surface area contributed by atoms with Gasteiger partial charge in [0.15, 0.2) is 10.5 Å². The van der Waals surface area contributed by atoms with E-state index in [9.17, 15) is 25.3 Å². The summed E-state index contributed by atoms with van der Waals surface area (Å²) in [6, 6.07) is 0. The zero-order valence-corrected chi connectivity index (χ0v) is 13.6. The van der Waals surface area contributed by atoms with Crippen molar-refractivity contribution in [2.45, 2.75) is 16.9 Å². The fourth-order valence-electron chi connectivity index (χ4n) is 2.56. The van der Waals surface area contributed by atoms with Crippen LogP contribution in [0.2, 0.25) is 0 Å². The van der Waals surface area contributed by atoms with Crippen LogP contribution in [0.1, 0.15) is 6.42 Å². The lowest BCUT2D eigenvalue weighted by molar-refractivity contribution is -0.897. The van der Waals surface area contributed by atoms with E-state index >= 15 is 0 Å². The second-order valence-electron chi connectivity index (χ2n) is 5.45. The van der Waals surface area contributed by atoms with Gasteiger partial charge in [-0.1, -0.05) is 0 Å². The fourth-order valence-corrected chi connectivity index (χ4v) is 5.93. The van der Waals surface area contributed by atoms with Gasteiger partial charge in [0, 0.05) is 6.42 Å². The third-order valence-electron chi connectivity index (χ3n) is 3.52. The van der Waals surface area contributed by atoms with Crippen molar-refractivity contribution >= 4 is 30.4 Å². The summed E-state index contributed by atoms with van der Waals surface area (Å²) < 4.78 is 92.9. The Hall–Kier alpha value is -0.310. The predicted molar refractivity (Wildman–Crippen MR) is 72.5 cm³/mol. The van der Waals surface area contributed by atoms with Crippen LogP contribution < -0.4 is 0 Å². The minimum atomic E-state index is -4.68. The molecular formula is C8H18NO9S3+. The summed E-state index contributed by atoms with van der Waals surface area (Å²) >= 11 is 0. The summed E-state index contributed by atoms with van der Waals surface area (Å²) in [5.74, 6) is -0.548. The van der Waals surface area contributed by atoms with Crippen molar-refractivity contribution in [2.24, 2.45) is 0 Å². The van der Waals surface area contributed by atoms with Crippen LogP contribution in [0.4, 0.5) is 0 Å². The highest BCUT2D eigenvalue weighted by Gasteiger charge is 2.54. The van der Waals surface area contributed by atoms with E-state index in [0.29, 0.717) is 0 Å². The molecule has 0 bridgehead atoms. The molecule has 3 N–H and O–H groups in total. The second-order valence-corrected chi connectivity index (χ2v) is 10.3. The minimum Gasteiger partial charge on any atom is -0.324 e. The van der Waals surface area contributed by atoms with Crippen molar-refractivity contribution in [3.05, 3.63) is 0 Å². The van der Waals surface area contributed by atoms with Crippen molar-refractivity contribution in [3.8, 4) is 0 Å². The molecule has 21 heavy (non-hydrogen) atoms. The maximum Gasteiger partial charge on any atom is 0.275 e. The van der Waals surface area contributed by atoms with E-state index in [0.717, 1.165) is 0 Å². The van der Waals surface area contributed by atoms with E-state index in [2.05, 4.69) is 0 Å². The third-order valence-corrected chi connectivity index (χ3v) is 6.98. The summed E-state index contributed by atoms with van der Waals surface area (Å²) in [6.07, 6.45) is -0.0221. The molecule has 2 atom stereocenters. The Morgan fingerprint density at radius 1 is 0.905 bits per heavy atom. The Morgan fingerprint density at radius 2 is 1.29 bits per heavy atom. The molecular weight excluding hydrogens is 350 g/mol. The lowest BCUT2D eigenvalue weighted by atomic mass is 10.4. The SMILES string of the molecule is C[N+]1(CCCS(=O)(=O)O)CC(S(=O)(=O)O)C(S(=O)(=O)O)C1. The number of hydrogen-bond acceptors (Lipinski definition) is 6. The molecule has 1 aliphatic rings. The van der Waals surface area contributed by atoms with Gasteiger partial charge in [0.25, 0.3) is 30.4 Å². The number of hydrogen-bond donors (Lipinski definition) is 3. The average Bonchev–Trinajstić information content (AvgIpc) is 2.53. The molecule has 1 heterocycles. The van der Waals surface area contributed by atoms with Crippen LogP contribution in [0.5, 0.6) is 0 Å². The Labute approximate surface area is 123 Å². The van der Waals surface area contributed by atoms with Crippen molar-refractivity contribution in [2.75, 3.05) is 32.4 Å². The average molecular weight is 368 g/mol. The van der Waals surface area contributed by atoms with Gasteiger partial charge in [-0.25, -0.2) is 0 Å². The molecule has 126 valence electrons. The Morgan fingerprint density at radius 3 is 1.57 bits per heavy atom. The van der Waals surface area contributed by atoms with Gasteiger partial charge >= 0.3 is 0 Å². The molecule has 2 unspecified atom stereocenters. The predicted octanol–water partition coefficient (Wildman–Crippen LogP) is -1.76. The molecule has 1 fully saturated rings. The maximum atomic E-state index is 11.2. The van der Waals surface area contributed by atoms with E-state index in [1.54, 1.807) is 0 Å². The number of likely N-dealkylation sites (tertiary alicyclic amines) is 1. The molecule has 0 aromatic carbocycles. The molecule has 0 aromatic rings. The molecule has 0 radical (unpaired) electrons. The molecule has 13 heteroatoms. The molecule has 0 aliphatic carbocycles. The van der Waals surface area contributed by atoms with Gasteiger partial charge in [-0.05, 0) is 0 Å². The summed E-state index contributed by atoms with van der Waals surface area (Å²) in [5, 5.41) is -3.36. The van der Waals surface area contributed by atoms with Gasteiger partial charge in [0.05, 0.1) is 32.4 Å². The monoisotopic (exact) mass is 368 g/mol. The normalized spacial score (nSPS) is 31.4. The van der Waals surface area contributed by atoms with Crippen LogP contribution in [-0.2, 0) is 30.4 Å². The Balaban J connectivity index is 2.93.